The molecule has 0 spiro atoms. The third-order valence-electron chi connectivity index (χ3n) is 6.01. The Balaban J connectivity index is 1.32. The number of anilines is 2. The lowest BCUT2D eigenvalue weighted by molar-refractivity contribution is -0.700. The van der Waals surface area contributed by atoms with E-state index in [2.05, 4.69) is 104 Å². The van der Waals surface area contributed by atoms with E-state index in [9.17, 15) is 0 Å². The van der Waals surface area contributed by atoms with Crippen LogP contribution in [0.5, 0.6) is 0 Å². The minimum atomic E-state index is 0.661. The van der Waals surface area contributed by atoms with Crippen LogP contribution in [0.15, 0.2) is 95.8 Å². The van der Waals surface area contributed by atoms with Crippen LogP contribution in [0, 0.1) is 23.7 Å². The van der Waals surface area contributed by atoms with Crippen molar-refractivity contribution in [1.29, 1.82) is 0 Å². The normalized spacial score (nSPS) is 13.2. The summed E-state index contributed by atoms with van der Waals surface area (Å²) in [4.78, 5) is 11.1. The van der Waals surface area contributed by atoms with Crippen LogP contribution in [0.3, 0.4) is 0 Å². The Morgan fingerprint density at radius 2 is 1.25 bits per heavy atom. The summed E-state index contributed by atoms with van der Waals surface area (Å²) in [7, 11) is 8.13. The lowest BCUT2D eigenvalue weighted by atomic mass is 10.1. The lowest BCUT2D eigenvalue weighted by Crippen LogP contribution is -2.48. The molecule has 0 radical (unpaired) electrons. The van der Waals surface area contributed by atoms with Crippen molar-refractivity contribution in [2.45, 2.75) is 6.67 Å². The number of aliphatic imine (C=N–C) groups is 1. The second-order valence-electron chi connectivity index (χ2n) is 9.13. The zero-order valence-electron chi connectivity index (χ0n) is 21.0. The summed E-state index contributed by atoms with van der Waals surface area (Å²) >= 11 is 0. The molecule has 0 aliphatic carbocycles. The summed E-state index contributed by atoms with van der Waals surface area (Å²) in [5.74, 6) is 14.9. The topological polar surface area (TPSA) is 26.0 Å². The van der Waals surface area contributed by atoms with Gasteiger partial charge in [-0.05, 0) is 65.7 Å². The first kappa shape index (κ1) is 23.0. The summed E-state index contributed by atoms with van der Waals surface area (Å²) in [5.41, 5.74) is 6.21. The molecule has 0 saturated heterocycles. The third-order valence-corrected chi connectivity index (χ3v) is 6.01. The van der Waals surface area contributed by atoms with E-state index in [0.29, 0.717) is 6.67 Å². The molecule has 5 nitrogen and oxygen atoms in total. The van der Waals surface area contributed by atoms with Crippen molar-refractivity contribution < 1.29 is 4.57 Å². The van der Waals surface area contributed by atoms with Gasteiger partial charge in [0.15, 0.2) is 6.67 Å². The van der Waals surface area contributed by atoms with Crippen LogP contribution >= 0.6 is 0 Å². The molecule has 0 bridgehead atoms. The molecule has 0 N–H and O–H groups in total. The second kappa shape index (κ2) is 9.86. The summed E-state index contributed by atoms with van der Waals surface area (Å²) in [6.45, 7) is 0.661. The number of aromatic nitrogens is 1. The monoisotopic (exact) mass is 470 g/mol. The average molecular weight is 471 g/mol. The summed E-state index contributed by atoms with van der Waals surface area (Å²) < 4.78 is 2.11. The molecular weight excluding hydrogens is 442 g/mol. The van der Waals surface area contributed by atoms with E-state index < -0.39 is 0 Å². The molecule has 0 fully saturated rings. The predicted octanol–water partition coefficient (Wildman–Crippen LogP) is 4.31. The van der Waals surface area contributed by atoms with Gasteiger partial charge in [-0.25, -0.2) is 4.57 Å². The smallest absolute Gasteiger partial charge is 0.327 e. The van der Waals surface area contributed by atoms with Gasteiger partial charge in [0, 0.05) is 74.6 Å². The molecule has 5 rings (SSSR count). The summed E-state index contributed by atoms with van der Waals surface area (Å²) in [6.07, 6.45) is 8.16. The Morgan fingerprint density at radius 1 is 0.694 bits per heavy atom. The molecule has 2 aliphatic heterocycles. The number of hydrogen-bond acceptors (Lipinski definition) is 4. The van der Waals surface area contributed by atoms with Gasteiger partial charge in [-0.15, -0.1) is 0 Å². The van der Waals surface area contributed by atoms with Crippen molar-refractivity contribution in [1.82, 2.24) is 4.90 Å². The molecule has 0 atom stereocenters. The third kappa shape index (κ3) is 5.17. The Kier molecular flexibility index (Phi) is 6.31. The van der Waals surface area contributed by atoms with E-state index in [4.69, 9.17) is 4.99 Å². The average Bonchev–Trinajstić information content (AvgIpc) is 2.89. The Bertz CT molecular complexity index is 1500. The fourth-order valence-electron chi connectivity index (χ4n) is 3.91. The highest BCUT2D eigenvalue weighted by atomic mass is 15.3. The van der Waals surface area contributed by atoms with Gasteiger partial charge in [0.1, 0.15) is 6.20 Å². The first-order valence-electron chi connectivity index (χ1n) is 11.8. The van der Waals surface area contributed by atoms with Crippen LogP contribution in [-0.2, 0) is 6.67 Å². The Morgan fingerprint density at radius 3 is 1.86 bits per heavy atom. The van der Waals surface area contributed by atoms with Gasteiger partial charge in [0.25, 0.3) is 5.84 Å². The highest BCUT2D eigenvalue weighted by Crippen LogP contribution is 2.19. The second-order valence-corrected chi connectivity index (χ2v) is 9.13. The number of hydrogen-bond donors (Lipinski definition) is 0. The number of nitrogens with zero attached hydrogens (tertiary/aromatic N) is 5. The molecule has 5 heteroatoms. The van der Waals surface area contributed by atoms with Crippen molar-refractivity contribution in [3.8, 4) is 23.7 Å². The standard InChI is InChI=1S/C31H28N5/c1-33(2)28-15-9-24(10-16-28)5-7-26-13-19-30-32-31-20-14-27(22-36(31)23-35(30)21-26)8-6-25-11-17-29(18-12-25)34(3)4/h9-22H,23H2,1-4H3/q+1. The maximum atomic E-state index is 4.80. The van der Waals surface area contributed by atoms with Crippen LogP contribution in [0.25, 0.3) is 0 Å². The van der Waals surface area contributed by atoms with Crippen molar-refractivity contribution >= 4 is 23.0 Å². The Hall–Kier alpha value is -4.74. The van der Waals surface area contributed by atoms with Gasteiger partial charge in [-0.1, -0.05) is 23.7 Å². The number of benzene rings is 2. The van der Waals surface area contributed by atoms with Crippen molar-refractivity contribution in [3.63, 3.8) is 0 Å². The minimum Gasteiger partial charge on any atom is -0.378 e. The summed E-state index contributed by atoms with van der Waals surface area (Å²) in [5, 5.41) is 0. The van der Waals surface area contributed by atoms with Gasteiger partial charge in [-0.3, -0.25) is 4.90 Å². The van der Waals surface area contributed by atoms with E-state index in [1.165, 1.54) is 0 Å². The lowest BCUT2D eigenvalue weighted by Gasteiger charge is -2.22. The maximum Gasteiger partial charge on any atom is 0.327 e. The van der Waals surface area contributed by atoms with Crippen molar-refractivity contribution in [2.24, 2.45) is 4.99 Å². The molecule has 0 unspecified atom stereocenters. The number of pyridine rings is 1. The quantitative estimate of drug-likeness (QED) is 0.412. The largest absolute Gasteiger partial charge is 0.378 e. The molecule has 176 valence electrons. The van der Waals surface area contributed by atoms with Crippen molar-refractivity contribution in [3.05, 3.63) is 107 Å². The first-order chi connectivity index (χ1) is 17.4. The van der Waals surface area contributed by atoms with Crippen LogP contribution in [-0.4, -0.2) is 38.9 Å². The fourth-order valence-corrected chi connectivity index (χ4v) is 3.91. The zero-order chi connectivity index (χ0) is 25.1. The molecule has 2 aliphatic rings. The number of amidine groups is 1. The van der Waals surface area contributed by atoms with Gasteiger partial charge >= 0.3 is 5.82 Å². The molecule has 3 aromatic rings. The fraction of sp³-hybridized carbons (Fsp3) is 0.161. The van der Waals surface area contributed by atoms with Gasteiger partial charge in [0.2, 0.25) is 0 Å². The summed E-state index contributed by atoms with van der Waals surface area (Å²) in [6, 6.07) is 20.6. The zero-order valence-corrected chi connectivity index (χ0v) is 21.0. The van der Waals surface area contributed by atoms with Crippen LogP contribution < -0.4 is 14.4 Å². The molecule has 0 amide bonds. The van der Waals surface area contributed by atoms with Crippen molar-refractivity contribution in [2.75, 3.05) is 38.0 Å². The molecule has 1 aromatic heterocycles. The number of allylic oxidation sites excluding steroid dienone is 2. The van der Waals surface area contributed by atoms with Crippen LogP contribution in [0.4, 0.5) is 17.2 Å². The van der Waals surface area contributed by atoms with Gasteiger partial charge in [0.05, 0.1) is 5.56 Å². The van der Waals surface area contributed by atoms with Crippen LogP contribution in [0.1, 0.15) is 16.7 Å². The van der Waals surface area contributed by atoms with E-state index in [0.717, 1.165) is 45.3 Å². The molecule has 0 saturated carbocycles. The number of rotatable bonds is 2. The SMILES string of the molecule is CN(C)c1ccc(C#CC2=CN3C[n+]4cc(C#Cc5ccc(N(C)C)cc5)ccc4N=C3C=C2)cc1. The maximum absolute atomic E-state index is 4.80. The molecule has 3 heterocycles. The van der Waals surface area contributed by atoms with Gasteiger partial charge < -0.3 is 9.80 Å². The molecular formula is C31H28N5+. The molecule has 36 heavy (non-hydrogen) atoms. The number of fused-ring (bicyclic) bond motifs is 2. The van der Waals surface area contributed by atoms with E-state index in [1.54, 1.807) is 0 Å². The van der Waals surface area contributed by atoms with Crippen LogP contribution in [0.2, 0.25) is 0 Å². The van der Waals surface area contributed by atoms with E-state index in [1.807, 2.05) is 52.5 Å². The Labute approximate surface area is 213 Å². The predicted molar refractivity (Wildman–Crippen MR) is 147 cm³/mol. The molecule has 2 aromatic carbocycles. The minimum absolute atomic E-state index is 0.661. The highest BCUT2D eigenvalue weighted by molar-refractivity contribution is 5.97. The van der Waals surface area contributed by atoms with Gasteiger partial charge in [-0.2, -0.15) is 0 Å². The highest BCUT2D eigenvalue weighted by Gasteiger charge is 2.26. The van der Waals surface area contributed by atoms with E-state index >= 15 is 0 Å². The first-order valence-corrected chi connectivity index (χ1v) is 11.8. The van der Waals surface area contributed by atoms with E-state index in [-0.39, 0.29) is 0 Å².